The van der Waals surface area contributed by atoms with Gasteiger partial charge in [-0.3, -0.25) is 0 Å². The van der Waals surface area contributed by atoms with Gasteiger partial charge in [0.05, 0.1) is 23.7 Å². The Kier molecular flexibility index (Phi) is 2.99. The normalized spacial score (nSPS) is 17.4. The van der Waals surface area contributed by atoms with Gasteiger partial charge in [0.1, 0.15) is 5.76 Å². The van der Waals surface area contributed by atoms with Crippen molar-refractivity contribution in [3.05, 3.63) is 66.4 Å². The Hall–Kier alpha value is -2.49. The molecule has 0 radical (unpaired) electrons. The molecular formula is C17H17N3O. The molecule has 2 aromatic heterocycles. The highest BCUT2D eigenvalue weighted by Crippen LogP contribution is 2.34. The fourth-order valence-electron chi connectivity index (χ4n) is 3.03. The van der Waals surface area contributed by atoms with Crippen molar-refractivity contribution >= 4 is 5.69 Å². The van der Waals surface area contributed by atoms with E-state index in [1.807, 2.05) is 23.0 Å². The Morgan fingerprint density at radius 1 is 1.19 bits per heavy atom. The van der Waals surface area contributed by atoms with Crippen LogP contribution in [0.1, 0.15) is 30.2 Å². The third kappa shape index (κ3) is 2.23. The van der Waals surface area contributed by atoms with Crippen LogP contribution in [-0.2, 0) is 6.42 Å². The van der Waals surface area contributed by atoms with Crippen molar-refractivity contribution in [3.8, 4) is 5.69 Å². The monoisotopic (exact) mass is 279 g/mol. The molecule has 4 nitrogen and oxygen atoms in total. The molecule has 3 aromatic rings. The summed E-state index contributed by atoms with van der Waals surface area (Å²) >= 11 is 0. The molecule has 1 aliphatic rings. The van der Waals surface area contributed by atoms with Gasteiger partial charge in [-0.1, -0.05) is 12.1 Å². The number of nitrogens with zero attached hydrogens (tertiary/aromatic N) is 2. The molecule has 0 spiro atoms. The van der Waals surface area contributed by atoms with Crippen molar-refractivity contribution in [3.63, 3.8) is 0 Å². The summed E-state index contributed by atoms with van der Waals surface area (Å²) in [6.45, 7) is 0. The zero-order valence-corrected chi connectivity index (χ0v) is 11.7. The van der Waals surface area contributed by atoms with Gasteiger partial charge in [0.15, 0.2) is 0 Å². The van der Waals surface area contributed by atoms with Crippen LogP contribution in [0.2, 0.25) is 0 Å². The number of furan rings is 1. The van der Waals surface area contributed by atoms with Crippen LogP contribution in [0.25, 0.3) is 5.69 Å². The zero-order chi connectivity index (χ0) is 14.1. The molecule has 106 valence electrons. The van der Waals surface area contributed by atoms with Gasteiger partial charge >= 0.3 is 0 Å². The first-order chi connectivity index (χ1) is 10.4. The van der Waals surface area contributed by atoms with Gasteiger partial charge < -0.3 is 9.73 Å². The second-order valence-electron chi connectivity index (χ2n) is 5.36. The van der Waals surface area contributed by atoms with Crippen LogP contribution in [0, 0.1) is 0 Å². The maximum Gasteiger partial charge on any atom is 0.109 e. The number of rotatable bonds is 3. The summed E-state index contributed by atoms with van der Waals surface area (Å²) < 4.78 is 7.46. The summed E-state index contributed by atoms with van der Waals surface area (Å²) in [5, 5.41) is 7.99. The molecule has 0 saturated carbocycles. The highest BCUT2D eigenvalue weighted by atomic mass is 16.3. The molecule has 0 bridgehead atoms. The summed E-state index contributed by atoms with van der Waals surface area (Å²) in [6.07, 6.45) is 8.88. The molecule has 0 saturated heterocycles. The quantitative estimate of drug-likeness (QED) is 0.789. The lowest BCUT2D eigenvalue weighted by molar-refractivity contribution is 0.461. The molecule has 0 aliphatic heterocycles. The maximum atomic E-state index is 5.57. The predicted octanol–water partition coefficient (Wildman–Crippen LogP) is 3.95. The van der Waals surface area contributed by atoms with E-state index in [2.05, 4.69) is 34.7 Å². The lowest BCUT2D eigenvalue weighted by Gasteiger charge is -2.25. The van der Waals surface area contributed by atoms with Crippen molar-refractivity contribution in [2.24, 2.45) is 0 Å². The molecule has 4 heteroatoms. The topological polar surface area (TPSA) is 43.0 Å². The van der Waals surface area contributed by atoms with Gasteiger partial charge in [-0.2, -0.15) is 5.10 Å². The second kappa shape index (κ2) is 5.13. The smallest absolute Gasteiger partial charge is 0.109 e. The number of benzene rings is 1. The summed E-state index contributed by atoms with van der Waals surface area (Å²) in [7, 11) is 0. The molecular weight excluding hydrogens is 262 g/mol. The third-order valence-corrected chi connectivity index (χ3v) is 4.04. The van der Waals surface area contributed by atoms with Crippen molar-refractivity contribution < 1.29 is 4.42 Å². The Morgan fingerprint density at radius 3 is 3.05 bits per heavy atom. The fourth-order valence-corrected chi connectivity index (χ4v) is 3.03. The summed E-state index contributed by atoms with van der Waals surface area (Å²) in [5.41, 5.74) is 3.45. The summed E-state index contributed by atoms with van der Waals surface area (Å²) in [6, 6.07) is 12.6. The van der Waals surface area contributed by atoms with Crippen molar-refractivity contribution in [1.29, 1.82) is 0 Å². The number of aromatic nitrogens is 2. The van der Waals surface area contributed by atoms with Gasteiger partial charge in [0.25, 0.3) is 0 Å². The lowest BCUT2D eigenvalue weighted by atomic mass is 9.93. The van der Waals surface area contributed by atoms with Crippen LogP contribution in [0.3, 0.4) is 0 Å². The highest BCUT2D eigenvalue weighted by molar-refractivity contribution is 5.61. The minimum atomic E-state index is 0.309. The molecule has 1 atom stereocenters. The first kappa shape index (κ1) is 12.3. The Morgan fingerprint density at radius 2 is 2.14 bits per heavy atom. The molecule has 2 heterocycles. The zero-order valence-electron chi connectivity index (χ0n) is 11.7. The molecule has 4 rings (SSSR count). The van der Waals surface area contributed by atoms with Gasteiger partial charge in [-0.05, 0) is 37.1 Å². The van der Waals surface area contributed by atoms with Crippen LogP contribution in [-0.4, -0.2) is 9.78 Å². The maximum absolute atomic E-state index is 5.57. The molecule has 1 aliphatic carbocycles. The van der Waals surface area contributed by atoms with E-state index in [0.717, 1.165) is 36.4 Å². The lowest BCUT2D eigenvalue weighted by Crippen LogP contribution is -2.17. The average molecular weight is 279 g/mol. The van der Waals surface area contributed by atoms with E-state index in [4.69, 9.17) is 4.42 Å². The Balaban J connectivity index is 1.68. The van der Waals surface area contributed by atoms with Crippen molar-refractivity contribution in [2.75, 3.05) is 5.32 Å². The van der Waals surface area contributed by atoms with Crippen LogP contribution in [0.15, 0.2) is 59.5 Å². The minimum absolute atomic E-state index is 0.309. The minimum Gasteiger partial charge on any atom is -0.469 e. The van der Waals surface area contributed by atoms with Gasteiger partial charge in [-0.25, -0.2) is 4.68 Å². The van der Waals surface area contributed by atoms with Crippen LogP contribution < -0.4 is 5.32 Å². The van der Waals surface area contributed by atoms with E-state index >= 15 is 0 Å². The number of hydrogen-bond acceptors (Lipinski definition) is 3. The van der Waals surface area contributed by atoms with Gasteiger partial charge in [-0.15, -0.1) is 0 Å². The van der Waals surface area contributed by atoms with E-state index in [0.29, 0.717) is 6.04 Å². The first-order valence-electron chi connectivity index (χ1n) is 7.34. The highest BCUT2D eigenvalue weighted by Gasteiger charge is 2.23. The fraction of sp³-hybridized carbons (Fsp3) is 0.235. The molecule has 1 aromatic carbocycles. The van der Waals surface area contributed by atoms with Crippen molar-refractivity contribution in [2.45, 2.75) is 25.3 Å². The number of fused-ring (bicyclic) bond motifs is 1. The van der Waals surface area contributed by atoms with Gasteiger partial charge in [0, 0.05) is 24.4 Å². The average Bonchev–Trinajstić information content (AvgIpc) is 3.20. The van der Waals surface area contributed by atoms with E-state index in [1.54, 1.807) is 12.5 Å². The molecule has 21 heavy (non-hydrogen) atoms. The van der Waals surface area contributed by atoms with Crippen LogP contribution in [0.4, 0.5) is 5.69 Å². The molecule has 1 N–H and O–H groups in total. The third-order valence-electron chi connectivity index (χ3n) is 4.04. The number of aryl methyl sites for hydroxylation is 1. The number of anilines is 1. The standard InChI is InChI=1S/C17H17N3O/c1-2-7-16(20-11-4-10-18-20)15(5-1)19-14-6-3-8-17-13(14)9-12-21-17/h1-2,4-5,7,9-12,14,19H,3,6,8H2. The number of para-hydroxylation sites is 2. The van der Waals surface area contributed by atoms with Crippen LogP contribution >= 0.6 is 0 Å². The SMILES string of the molecule is c1ccc(-n2cccn2)c(NC2CCCc3occc32)c1. The van der Waals surface area contributed by atoms with E-state index < -0.39 is 0 Å². The predicted molar refractivity (Wildman–Crippen MR) is 81.6 cm³/mol. The van der Waals surface area contributed by atoms with Gasteiger partial charge in [0.2, 0.25) is 0 Å². The van der Waals surface area contributed by atoms with Crippen molar-refractivity contribution in [1.82, 2.24) is 9.78 Å². The van der Waals surface area contributed by atoms with Crippen LogP contribution in [0.5, 0.6) is 0 Å². The molecule has 1 unspecified atom stereocenters. The Labute approximate surface area is 123 Å². The largest absolute Gasteiger partial charge is 0.469 e. The molecule has 0 amide bonds. The Bertz CT molecular complexity index is 730. The van der Waals surface area contributed by atoms with E-state index in [9.17, 15) is 0 Å². The van der Waals surface area contributed by atoms with E-state index in [1.165, 1.54) is 5.56 Å². The second-order valence-corrected chi connectivity index (χ2v) is 5.36. The molecule has 0 fully saturated rings. The first-order valence-corrected chi connectivity index (χ1v) is 7.34. The van der Waals surface area contributed by atoms with E-state index in [-0.39, 0.29) is 0 Å². The summed E-state index contributed by atoms with van der Waals surface area (Å²) in [5.74, 6) is 1.12. The number of nitrogens with one attached hydrogen (secondary N) is 1. The number of hydrogen-bond donors (Lipinski definition) is 1. The summed E-state index contributed by atoms with van der Waals surface area (Å²) in [4.78, 5) is 0.